The summed E-state index contributed by atoms with van der Waals surface area (Å²) in [6.07, 6.45) is 0. The molecule has 1 heterocycles. The minimum Gasteiger partial charge on any atom is -0.361 e. The summed E-state index contributed by atoms with van der Waals surface area (Å²) in [5.41, 5.74) is 4.45. The van der Waals surface area contributed by atoms with E-state index in [0.29, 0.717) is 13.1 Å². The van der Waals surface area contributed by atoms with Gasteiger partial charge in [-0.05, 0) is 51.4 Å². The molecule has 0 aliphatic rings. The second kappa shape index (κ2) is 7.42. The predicted octanol–water partition coefficient (Wildman–Crippen LogP) is 2.91. The molecule has 2 aromatic rings. The molecule has 0 spiro atoms. The van der Waals surface area contributed by atoms with Gasteiger partial charge in [0.05, 0.1) is 18.3 Å². The van der Waals surface area contributed by atoms with Crippen LogP contribution in [0.1, 0.15) is 41.1 Å². The van der Waals surface area contributed by atoms with Crippen LogP contribution in [0.25, 0.3) is 0 Å². The van der Waals surface area contributed by atoms with Gasteiger partial charge in [-0.3, -0.25) is 9.69 Å². The van der Waals surface area contributed by atoms with Crippen LogP contribution in [0.4, 0.5) is 0 Å². The first kappa shape index (κ1) is 17.2. The number of hydrogen-bond acceptors (Lipinski definition) is 4. The average molecular weight is 315 g/mol. The third-order valence-electron chi connectivity index (χ3n) is 3.93. The van der Waals surface area contributed by atoms with Gasteiger partial charge in [-0.25, -0.2) is 0 Å². The van der Waals surface area contributed by atoms with Crippen molar-refractivity contribution in [2.45, 2.75) is 40.3 Å². The Morgan fingerprint density at radius 2 is 2.00 bits per heavy atom. The van der Waals surface area contributed by atoms with Crippen molar-refractivity contribution in [1.29, 1.82) is 0 Å². The standard InChI is InChI=1S/C18H25N3O2/c1-12-6-7-16(8-13(12)2)15(4)19-18(22)11-21(5)10-17-9-14(3)23-20-17/h6-9,15H,10-11H2,1-5H3,(H,19,22). The number of benzene rings is 1. The van der Waals surface area contributed by atoms with E-state index < -0.39 is 0 Å². The van der Waals surface area contributed by atoms with Crippen LogP contribution >= 0.6 is 0 Å². The average Bonchev–Trinajstić information content (AvgIpc) is 2.86. The number of nitrogens with zero attached hydrogens (tertiary/aromatic N) is 2. The van der Waals surface area contributed by atoms with E-state index in [2.05, 4.69) is 42.5 Å². The first-order valence-electron chi connectivity index (χ1n) is 7.82. The fraction of sp³-hybridized carbons (Fsp3) is 0.444. The number of carbonyl (C=O) groups excluding carboxylic acids is 1. The molecule has 0 saturated heterocycles. The number of hydrogen-bond donors (Lipinski definition) is 1. The van der Waals surface area contributed by atoms with E-state index in [9.17, 15) is 4.79 Å². The Morgan fingerprint density at radius 3 is 2.61 bits per heavy atom. The molecule has 1 unspecified atom stereocenters. The summed E-state index contributed by atoms with van der Waals surface area (Å²) in [6, 6.07) is 8.15. The van der Waals surface area contributed by atoms with E-state index in [1.807, 2.05) is 31.9 Å². The zero-order chi connectivity index (χ0) is 17.0. The van der Waals surface area contributed by atoms with Gasteiger partial charge in [0.25, 0.3) is 0 Å². The second-order valence-electron chi connectivity index (χ2n) is 6.23. The Balaban J connectivity index is 1.86. The lowest BCUT2D eigenvalue weighted by Crippen LogP contribution is -2.36. The third-order valence-corrected chi connectivity index (χ3v) is 3.93. The molecular weight excluding hydrogens is 290 g/mol. The highest BCUT2D eigenvalue weighted by atomic mass is 16.5. The summed E-state index contributed by atoms with van der Waals surface area (Å²) in [5, 5.41) is 6.98. The van der Waals surface area contributed by atoms with E-state index in [4.69, 9.17) is 4.52 Å². The molecule has 5 heteroatoms. The van der Waals surface area contributed by atoms with E-state index in [0.717, 1.165) is 17.0 Å². The van der Waals surface area contributed by atoms with Gasteiger partial charge in [0.1, 0.15) is 5.76 Å². The van der Waals surface area contributed by atoms with E-state index in [-0.39, 0.29) is 11.9 Å². The van der Waals surface area contributed by atoms with E-state index in [1.54, 1.807) is 0 Å². The monoisotopic (exact) mass is 315 g/mol. The normalized spacial score (nSPS) is 12.4. The molecule has 23 heavy (non-hydrogen) atoms. The molecule has 0 saturated carbocycles. The lowest BCUT2D eigenvalue weighted by Gasteiger charge is -2.19. The molecule has 124 valence electrons. The summed E-state index contributed by atoms with van der Waals surface area (Å²) in [6.45, 7) is 8.94. The molecule has 0 radical (unpaired) electrons. The highest BCUT2D eigenvalue weighted by Gasteiger charge is 2.13. The van der Waals surface area contributed by atoms with Crippen LogP contribution < -0.4 is 5.32 Å². The maximum atomic E-state index is 12.2. The molecule has 1 aromatic heterocycles. The Bertz CT molecular complexity index is 679. The van der Waals surface area contributed by atoms with Crippen LogP contribution in [0.3, 0.4) is 0 Å². The number of carbonyl (C=O) groups is 1. The maximum absolute atomic E-state index is 12.2. The Hall–Kier alpha value is -2.14. The minimum atomic E-state index is -0.00973. The highest BCUT2D eigenvalue weighted by Crippen LogP contribution is 2.16. The molecule has 1 atom stereocenters. The zero-order valence-corrected chi connectivity index (χ0v) is 14.5. The van der Waals surface area contributed by atoms with Gasteiger partial charge >= 0.3 is 0 Å². The number of rotatable bonds is 6. The molecule has 0 aliphatic carbocycles. The molecule has 0 fully saturated rings. The molecule has 1 aromatic carbocycles. The predicted molar refractivity (Wildman–Crippen MR) is 90.0 cm³/mol. The summed E-state index contributed by atoms with van der Waals surface area (Å²) in [7, 11) is 1.89. The molecule has 1 N–H and O–H groups in total. The molecule has 2 rings (SSSR count). The quantitative estimate of drug-likeness (QED) is 0.890. The first-order chi connectivity index (χ1) is 10.8. The summed E-state index contributed by atoms with van der Waals surface area (Å²) >= 11 is 0. The summed E-state index contributed by atoms with van der Waals surface area (Å²) in [4.78, 5) is 14.1. The number of amides is 1. The highest BCUT2D eigenvalue weighted by molar-refractivity contribution is 5.78. The third kappa shape index (κ3) is 4.93. The fourth-order valence-electron chi connectivity index (χ4n) is 2.47. The number of likely N-dealkylation sites (N-methyl/N-ethyl adjacent to an activating group) is 1. The van der Waals surface area contributed by atoms with Gasteiger partial charge in [-0.1, -0.05) is 23.4 Å². The second-order valence-corrected chi connectivity index (χ2v) is 6.23. The minimum absolute atomic E-state index is 0.00144. The molecular formula is C18H25N3O2. The topological polar surface area (TPSA) is 58.4 Å². The number of aromatic nitrogens is 1. The van der Waals surface area contributed by atoms with Gasteiger partial charge in [-0.2, -0.15) is 0 Å². The van der Waals surface area contributed by atoms with Gasteiger partial charge in [0.2, 0.25) is 5.91 Å². The lowest BCUT2D eigenvalue weighted by molar-refractivity contribution is -0.122. The van der Waals surface area contributed by atoms with Gasteiger partial charge in [0.15, 0.2) is 0 Å². The van der Waals surface area contributed by atoms with Crippen LogP contribution in [-0.2, 0) is 11.3 Å². The first-order valence-corrected chi connectivity index (χ1v) is 7.82. The number of aryl methyl sites for hydroxylation is 3. The van der Waals surface area contributed by atoms with Crippen molar-refractivity contribution in [2.75, 3.05) is 13.6 Å². The van der Waals surface area contributed by atoms with E-state index >= 15 is 0 Å². The van der Waals surface area contributed by atoms with E-state index in [1.165, 1.54) is 11.1 Å². The lowest BCUT2D eigenvalue weighted by atomic mass is 10.0. The van der Waals surface area contributed by atoms with Crippen molar-refractivity contribution in [3.05, 3.63) is 52.4 Å². The summed E-state index contributed by atoms with van der Waals surface area (Å²) in [5.74, 6) is 0.777. The van der Waals surface area contributed by atoms with Crippen molar-refractivity contribution < 1.29 is 9.32 Å². The van der Waals surface area contributed by atoms with Gasteiger partial charge in [0, 0.05) is 12.6 Å². The Kier molecular flexibility index (Phi) is 5.55. The van der Waals surface area contributed by atoms with Crippen LogP contribution in [0.5, 0.6) is 0 Å². The van der Waals surface area contributed by atoms with Crippen molar-refractivity contribution >= 4 is 5.91 Å². The van der Waals surface area contributed by atoms with Crippen LogP contribution in [0.2, 0.25) is 0 Å². The van der Waals surface area contributed by atoms with Gasteiger partial charge < -0.3 is 9.84 Å². The maximum Gasteiger partial charge on any atom is 0.234 e. The van der Waals surface area contributed by atoms with Crippen molar-refractivity contribution in [3.63, 3.8) is 0 Å². The van der Waals surface area contributed by atoms with Crippen molar-refractivity contribution in [1.82, 2.24) is 15.4 Å². The summed E-state index contributed by atoms with van der Waals surface area (Å²) < 4.78 is 5.04. The Morgan fingerprint density at radius 1 is 1.26 bits per heavy atom. The SMILES string of the molecule is Cc1cc(CN(C)CC(=O)NC(C)c2ccc(C)c(C)c2)no1. The van der Waals surface area contributed by atoms with Crippen molar-refractivity contribution in [2.24, 2.45) is 0 Å². The molecule has 0 bridgehead atoms. The largest absolute Gasteiger partial charge is 0.361 e. The molecule has 1 amide bonds. The van der Waals surface area contributed by atoms with Crippen LogP contribution in [0.15, 0.2) is 28.8 Å². The molecule has 0 aliphatic heterocycles. The van der Waals surface area contributed by atoms with Gasteiger partial charge in [-0.15, -0.1) is 0 Å². The molecule has 5 nitrogen and oxygen atoms in total. The van der Waals surface area contributed by atoms with Crippen LogP contribution in [-0.4, -0.2) is 29.6 Å². The van der Waals surface area contributed by atoms with Crippen LogP contribution in [0, 0.1) is 20.8 Å². The fourth-order valence-corrected chi connectivity index (χ4v) is 2.47. The zero-order valence-electron chi connectivity index (χ0n) is 14.5. The van der Waals surface area contributed by atoms with Crippen molar-refractivity contribution in [3.8, 4) is 0 Å². The smallest absolute Gasteiger partial charge is 0.234 e. The number of nitrogens with one attached hydrogen (secondary N) is 1. The Labute approximate surface area is 137 Å².